The Bertz CT molecular complexity index is 445. The van der Waals surface area contributed by atoms with Crippen molar-refractivity contribution in [3.63, 3.8) is 0 Å². The molecule has 3 nitrogen and oxygen atoms in total. The molecular formula is C14H18F2N2O. The first-order valence-corrected chi connectivity index (χ1v) is 6.52. The molecule has 0 aromatic heterocycles. The fourth-order valence-corrected chi connectivity index (χ4v) is 2.38. The van der Waals surface area contributed by atoms with Crippen LogP contribution in [0.15, 0.2) is 18.2 Å². The maximum atomic E-state index is 13.0. The van der Waals surface area contributed by atoms with E-state index in [0.29, 0.717) is 24.4 Å². The summed E-state index contributed by atoms with van der Waals surface area (Å²) in [5, 5.41) is 5.94. The number of hydrogen-bond acceptors (Lipinski definition) is 2. The summed E-state index contributed by atoms with van der Waals surface area (Å²) in [7, 11) is 0. The number of halogens is 2. The Balaban J connectivity index is 1.81. The molecule has 1 heterocycles. The van der Waals surface area contributed by atoms with Gasteiger partial charge in [-0.2, -0.15) is 0 Å². The molecule has 1 aromatic rings. The van der Waals surface area contributed by atoms with Crippen molar-refractivity contribution in [3.05, 3.63) is 35.4 Å². The first-order valence-electron chi connectivity index (χ1n) is 6.52. The second-order valence-corrected chi connectivity index (χ2v) is 5.02. The number of amides is 1. The van der Waals surface area contributed by atoms with E-state index >= 15 is 0 Å². The van der Waals surface area contributed by atoms with Gasteiger partial charge in [0.05, 0.1) is 6.04 Å². The largest absolute Gasteiger partial charge is 0.354 e. The highest BCUT2D eigenvalue weighted by Gasteiger charge is 2.28. The third kappa shape index (κ3) is 3.73. The van der Waals surface area contributed by atoms with Gasteiger partial charge in [0.25, 0.3) is 0 Å². The third-order valence-electron chi connectivity index (χ3n) is 3.45. The molecule has 2 unspecified atom stereocenters. The Morgan fingerprint density at radius 3 is 2.63 bits per heavy atom. The van der Waals surface area contributed by atoms with Gasteiger partial charge >= 0.3 is 0 Å². The SMILES string of the molecule is CC1CCNC1C(=O)NCCc1cc(F)cc(F)c1. The van der Waals surface area contributed by atoms with Crippen LogP contribution < -0.4 is 10.6 Å². The molecule has 1 aliphatic rings. The molecule has 1 aromatic carbocycles. The van der Waals surface area contributed by atoms with E-state index in [1.165, 1.54) is 12.1 Å². The van der Waals surface area contributed by atoms with E-state index in [0.717, 1.165) is 19.0 Å². The van der Waals surface area contributed by atoms with Gasteiger partial charge in [0, 0.05) is 12.6 Å². The van der Waals surface area contributed by atoms with Crippen molar-refractivity contribution >= 4 is 5.91 Å². The maximum Gasteiger partial charge on any atom is 0.237 e. The minimum atomic E-state index is -0.590. The summed E-state index contributed by atoms with van der Waals surface area (Å²) in [6.45, 7) is 3.27. The van der Waals surface area contributed by atoms with E-state index < -0.39 is 11.6 Å². The minimum Gasteiger partial charge on any atom is -0.354 e. The van der Waals surface area contributed by atoms with E-state index in [1.54, 1.807) is 0 Å². The third-order valence-corrected chi connectivity index (χ3v) is 3.45. The van der Waals surface area contributed by atoms with Crippen molar-refractivity contribution in [1.29, 1.82) is 0 Å². The molecule has 5 heteroatoms. The summed E-state index contributed by atoms with van der Waals surface area (Å²) in [4.78, 5) is 11.9. The maximum absolute atomic E-state index is 13.0. The summed E-state index contributed by atoms with van der Waals surface area (Å²) in [6.07, 6.45) is 1.41. The van der Waals surface area contributed by atoms with Crippen molar-refractivity contribution < 1.29 is 13.6 Å². The van der Waals surface area contributed by atoms with Crippen LogP contribution in [0.1, 0.15) is 18.9 Å². The van der Waals surface area contributed by atoms with Crippen LogP contribution in [0.4, 0.5) is 8.78 Å². The lowest BCUT2D eigenvalue weighted by Gasteiger charge is -2.15. The summed E-state index contributed by atoms with van der Waals surface area (Å²) >= 11 is 0. The van der Waals surface area contributed by atoms with Gasteiger partial charge < -0.3 is 10.6 Å². The molecular weight excluding hydrogens is 250 g/mol. The molecule has 1 amide bonds. The molecule has 104 valence electrons. The number of rotatable bonds is 4. The predicted molar refractivity (Wildman–Crippen MR) is 68.6 cm³/mol. The molecule has 0 saturated carbocycles. The van der Waals surface area contributed by atoms with Crippen molar-refractivity contribution in [2.45, 2.75) is 25.8 Å². The standard InChI is InChI=1S/C14H18F2N2O/c1-9-2-4-17-13(9)14(19)18-5-3-10-6-11(15)8-12(16)7-10/h6-9,13,17H,2-5H2,1H3,(H,18,19). The lowest BCUT2D eigenvalue weighted by atomic mass is 10.0. The lowest BCUT2D eigenvalue weighted by Crippen LogP contribution is -2.43. The monoisotopic (exact) mass is 268 g/mol. The highest BCUT2D eigenvalue weighted by atomic mass is 19.1. The highest BCUT2D eigenvalue weighted by Crippen LogP contribution is 2.14. The van der Waals surface area contributed by atoms with E-state index in [9.17, 15) is 13.6 Å². The Hall–Kier alpha value is -1.49. The van der Waals surface area contributed by atoms with E-state index in [1.807, 2.05) is 6.92 Å². The second-order valence-electron chi connectivity index (χ2n) is 5.02. The van der Waals surface area contributed by atoms with Crippen LogP contribution in [0.25, 0.3) is 0 Å². The number of nitrogens with one attached hydrogen (secondary N) is 2. The molecule has 2 rings (SSSR count). The fourth-order valence-electron chi connectivity index (χ4n) is 2.38. The molecule has 1 fully saturated rings. The smallest absolute Gasteiger partial charge is 0.237 e. The zero-order chi connectivity index (χ0) is 13.8. The van der Waals surface area contributed by atoms with Crippen LogP contribution >= 0.6 is 0 Å². The van der Waals surface area contributed by atoms with Gasteiger partial charge in [0.2, 0.25) is 5.91 Å². The Kier molecular flexibility index (Phi) is 4.47. The van der Waals surface area contributed by atoms with Gasteiger partial charge in [0.15, 0.2) is 0 Å². The zero-order valence-corrected chi connectivity index (χ0v) is 10.9. The summed E-state index contributed by atoms with van der Waals surface area (Å²) in [5.41, 5.74) is 0.547. The van der Waals surface area contributed by atoms with Crippen molar-refractivity contribution in [1.82, 2.24) is 10.6 Å². The molecule has 19 heavy (non-hydrogen) atoms. The van der Waals surface area contributed by atoms with Gasteiger partial charge in [-0.3, -0.25) is 4.79 Å². The van der Waals surface area contributed by atoms with Crippen molar-refractivity contribution in [2.75, 3.05) is 13.1 Å². The summed E-state index contributed by atoms with van der Waals surface area (Å²) < 4.78 is 25.9. The minimum absolute atomic E-state index is 0.0399. The lowest BCUT2D eigenvalue weighted by molar-refractivity contribution is -0.123. The molecule has 0 aliphatic carbocycles. The average molecular weight is 268 g/mol. The van der Waals surface area contributed by atoms with Gasteiger partial charge in [-0.05, 0) is 43.0 Å². The molecule has 0 radical (unpaired) electrons. The number of benzene rings is 1. The molecule has 0 bridgehead atoms. The van der Waals surface area contributed by atoms with Gasteiger partial charge in [0.1, 0.15) is 11.6 Å². The molecule has 0 spiro atoms. The first kappa shape index (κ1) is 13.9. The van der Waals surface area contributed by atoms with Gasteiger partial charge in [-0.1, -0.05) is 6.92 Å². The topological polar surface area (TPSA) is 41.1 Å². The number of carbonyl (C=O) groups is 1. The summed E-state index contributed by atoms with van der Waals surface area (Å²) in [6, 6.07) is 3.26. The van der Waals surface area contributed by atoms with Crippen LogP contribution in [-0.2, 0) is 11.2 Å². The average Bonchev–Trinajstić information content (AvgIpc) is 2.74. The Labute approximate surface area is 111 Å². The van der Waals surface area contributed by atoms with E-state index in [-0.39, 0.29) is 11.9 Å². The number of hydrogen-bond donors (Lipinski definition) is 2. The van der Waals surface area contributed by atoms with Gasteiger partial charge in [-0.15, -0.1) is 0 Å². The first-order chi connectivity index (χ1) is 9.06. The highest BCUT2D eigenvalue weighted by molar-refractivity contribution is 5.82. The van der Waals surface area contributed by atoms with Crippen molar-refractivity contribution in [2.24, 2.45) is 5.92 Å². The Morgan fingerprint density at radius 1 is 1.37 bits per heavy atom. The van der Waals surface area contributed by atoms with Gasteiger partial charge in [-0.25, -0.2) is 8.78 Å². The van der Waals surface area contributed by atoms with Crippen molar-refractivity contribution in [3.8, 4) is 0 Å². The zero-order valence-electron chi connectivity index (χ0n) is 10.9. The van der Waals surface area contributed by atoms with Crippen LogP contribution in [0.2, 0.25) is 0 Å². The molecule has 2 atom stereocenters. The van der Waals surface area contributed by atoms with Crippen LogP contribution in [-0.4, -0.2) is 25.0 Å². The summed E-state index contributed by atoms with van der Waals surface area (Å²) in [5.74, 6) is -0.895. The van der Waals surface area contributed by atoms with Crippen LogP contribution in [0.5, 0.6) is 0 Å². The van der Waals surface area contributed by atoms with E-state index in [2.05, 4.69) is 10.6 Å². The molecule has 2 N–H and O–H groups in total. The molecule has 1 saturated heterocycles. The van der Waals surface area contributed by atoms with Crippen LogP contribution in [0, 0.1) is 17.6 Å². The number of carbonyl (C=O) groups excluding carboxylic acids is 1. The fraction of sp³-hybridized carbons (Fsp3) is 0.500. The Morgan fingerprint density at radius 2 is 2.05 bits per heavy atom. The normalized spacial score (nSPS) is 22.5. The van der Waals surface area contributed by atoms with Crippen LogP contribution in [0.3, 0.4) is 0 Å². The predicted octanol–water partition coefficient (Wildman–Crippen LogP) is 1.62. The van der Waals surface area contributed by atoms with E-state index in [4.69, 9.17) is 0 Å². The molecule has 1 aliphatic heterocycles. The second kappa shape index (κ2) is 6.10. The quantitative estimate of drug-likeness (QED) is 0.871.